The third kappa shape index (κ3) is 0.397. The molecule has 4 heteroatoms. The molecule has 2 rings (SSSR count). The molecule has 0 aromatic heterocycles. The molecule has 0 aromatic carbocycles. The molecule has 8 heavy (non-hydrogen) atoms. The van der Waals surface area contributed by atoms with E-state index in [9.17, 15) is 9.59 Å². The monoisotopic (exact) mass is 125 g/mol. The molecule has 1 N–H and O–H groups in total. The van der Waals surface area contributed by atoms with Crippen LogP contribution in [0.1, 0.15) is 0 Å². The van der Waals surface area contributed by atoms with Gasteiger partial charge in [0.05, 0.1) is 0 Å². The van der Waals surface area contributed by atoms with Crippen LogP contribution in [0.5, 0.6) is 0 Å². The van der Waals surface area contributed by atoms with Crippen LogP contribution < -0.4 is 5.32 Å². The zero-order valence-corrected chi connectivity index (χ0v) is 5.59. The largest absolute Gasteiger partial charge is 0.298 e. The van der Waals surface area contributed by atoms with E-state index >= 15 is 0 Å². The van der Waals surface area contributed by atoms with Crippen LogP contribution in [0.2, 0.25) is 9.56 Å². The molecule has 0 aromatic rings. The molecular formula is C4H4AlNO2. The van der Waals surface area contributed by atoms with Crippen LogP contribution >= 0.6 is 0 Å². The average molecular weight is 125 g/mol. The van der Waals surface area contributed by atoms with Crippen molar-refractivity contribution in [2.24, 2.45) is 0 Å². The highest BCUT2D eigenvalue weighted by Gasteiger charge is 2.56. The number of hydrogen-bond acceptors (Lipinski definition) is 2. The Morgan fingerprint density at radius 1 is 1.25 bits per heavy atom. The fourth-order valence-electron chi connectivity index (χ4n) is 1.08. The van der Waals surface area contributed by atoms with E-state index in [0.717, 1.165) is 0 Å². The van der Waals surface area contributed by atoms with Gasteiger partial charge in [-0.25, -0.2) is 0 Å². The van der Waals surface area contributed by atoms with Crippen molar-refractivity contribution in [3.05, 3.63) is 0 Å². The van der Waals surface area contributed by atoms with Crippen molar-refractivity contribution in [3.63, 3.8) is 0 Å². The Morgan fingerprint density at radius 3 is 1.88 bits per heavy atom. The van der Waals surface area contributed by atoms with Gasteiger partial charge in [0.25, 0.3) is 15.2 Å². The second kappa shape index (κ2) is 1.15. The molecule has 2 heterocycles. The zero-order valence-electron chi connectivity index (χ0n) is 4.18. The third-order valence-electron chi connectivity index (χ3n) is 1.71. The van der Waals surface area contributed by atoms with Crippen molar-refractivity contribution < 1.29 is 9.59 Å². The first-order valence-electron chi connectivity index (χ1n) is 2.64. The Bertz CT molecular complexity index is 161. The van der Waals surface area contributed by atoms with Crippen LogP contribution in [0.25, 0.3) is 0 Å². The highest BCUT2D eigenvalue weighted by atomic mass is 27.1. The first kappa shape index (κ1) is 4.54. The van der Waals surface area contributed by atoms with Crippen LogP contribution in [0.15, 0.2) is 0 Å². The molecule has 2 saturated heterocycles. The third-order valence-corrected chi connectivity index (χ3v) is 3.87. The fraction of sp³-hybridized carbons (Fsp3) is 0.500. The lowest BCUT2D eigenvalue weighted by Gasteiger charge is -1.88. The van der Waals surface area contributed by atoms with Crippen LogP contribution in [-0.4, -0.2) is 27.0 Å². The summed E-state index contributed by atoms with van der Waals surface area (Å²) in [4.78, 5) is 21.1. The van der Waals surface area contributed by atoms with Crippen molar-refractivity contribution in [1.82, 2.24) is 5.32 Å². The minimum absolute atomic E-state index is 0.00772. The molecule has 0 radical (unpaired) electrons. The average Bonchev–Trinajstić information content (AvgIpc) is 2.35. The lowest BCUT2D eigenvalue weighted by atomic mass is 10.4. The SMILES string of the molecule is O=C1NC(=O)[CH]2[AlH][CH]12. The minimum Gasteiger partial charge on any atom is -0.298 e. The smallest absolute Gasteiger partial charge is 0.271 e. The van der Waals surface area contributed by atoms with E-state index in [-0.39, 0.29) is 36.6 Å². The maximum absolute atomic E-state index is 10.5. The summed E-state index contributed by atoms with van der Waals surface area (Å²) in [6.45, 7) is 0. The molecule has 0 bridgehead atoms. The van der Waals surface area contributed by atoms with Gasteiger partial charge in [-0.05, 0) is 9.56 Å². The van der Waals surface area contributed by atoms with Crippen LogP contribution in [0.3, 0.4) is 0 Å². The summed E-state index contributed by atoms with van der Waals surface area (Å²) in [7, 11) is 0. The molecule has 2 unspecified atom stereocenters. The van der Waals surface area contributed by atoms with Crippen molar-refractivity contribution in [3.8, 4) is 0 Å². The molecule has 2 aliphatic heterocycles. The van der Waals surface area contributed by atoms with Gasteiger partial charge >= 0.3 is 0 Å². The maximum Gasteiger partial charge on any atom is 0.271 e. The predicted octanol–water partition coefficient (Wildman–Crippen LogP) is -1.33. The molecule has 40 valence electrons. The van der Waals surface area contributed by atoms with Crippen molar-refractivity contribution in [2.75, 3.05) is 0 Å². The summed E-state index contributed by atoms with van der Waals surface area (Å²) < 4.78 is 0.394. The Morgan fingerprint density at radius 2 is 1.75 bits per heavy atom. The van der Waals surface area contributed by atoms with E-state index in [1.165, 1.54) is 0 Å². The van der Waals surface area contributed by atoms with E-state index < -0.39 is 0 Å². The molecule has 2 atom stereocenters. The zero-order chi connectivity index (χ0) is 5.72. The van der Waals surface area contributed by atoms with Crippen LogP contribution in [0.4, 0.5) is 0 Å². The molecule has 2 fully saturated rings. The number of nitrogens with one attached hydrogen (secondary N) is 1. The Kier molecular flexibility index (Phi) is 0.652. The van der Waals surface area contributed by atoms with E-state index in [0.29, 0.717) is 0 Å². The predicted molar refractivity (Wildman–Crippen MR) is 27.8 cm³/mol. The second-order valence-corrected chi connectivity index (χ2v) is 4.53. The number of hydrogen-bond donors (Lipinski definition) is 1. The first-order valence-corrected chi connectivity index (χ1v) is 4.27. The first-order chi connectivity index (χ1) is 3.79. The molecule has 3 nitrogen and oxygen atoms in total. The normalized spacial score (nSPS) is 40.5. The Hall–Kier alpha value is -0.328. The van der Waals surface area contributed by atoms with E-state index in [2.05, 4.69) is 5.32 Å². The number of fused-ring (bicyclic) bond motifs is 1. The van der Waals surface area contributed by atoms with E-state index in [1.807, 2.05) is 0 Å². The number of rotatable bonds is 0. The van der Waals surface area contributed by atoms with Gasteiger partial charge in [0.2, 0.25) is 11.8 Å². The van der Waals surface area contributed by atoms with E-state index in [4.69, 9.17) is 0 Å². The number of carbonyl (C=O) groups is 2. The molecule has 2 aliphatic rings. The maximum atomic E-state index is 10.5. The van der Waals surface area contributed by atoms with Gasteiger partial charge in [0, 0.05) is 0 Å². The molecule has 0 aliphatic carbocycles. The van der Waals surface area contributed by atoms with Gasteiger partial charge in [-0.1, -0.05) is 0 Å². The minimum atomic E-state index is -0.265. The lowest BCUT2D eigenvalue weighted by molar-refractivity contribution is -0.125. The summed E-state index contributed by atoms with van der Waals surface area (Å²) in [5.74, 6) is -0.0154. The van der Waals surface area contributed by atoms with Crippen molar-refractivity contribution in [1.29, 1.82) is 0 Å². The summed E-state index contributed by atoms with van der Waals surface area (Å²) in [5.41, 5.74) is 0. The highest BCUT2D eigenvalue weighted by molar-refractivity contribution is 6.69. The molecule has 0 saturated carbocycles. The number of amides is 2. The molecule has 0 spiro atoms. The standard InChI is InChI=1S/C4H3NO2.Al.H/c6-3-1-2-4(7)5-3;;/h1-2H,(H,5,6,7);;. The summed E-state index contributed by atoms with van der Waals surface area (Å²) in [5, 5.41) is 2.27. The van der Waals surface area contributed by atoms with Crippen molar-refractivity contribution in [2.45, 2.75) is 9.56 Å². The fourth-order valence-corrected chi connectivity index (χ4v) is 2.53. The Balaban J connectivity index is 2.31. The van der Waals surface area contributed by atoms with Crippen LogP contribution in [0, 0.1) is 0 Å². The number of carbonyl (C=O) groups excluding carboxylic acids is 2. The highest BCUT2D eigenvalue weighted by Crippen LogP contribution is 2.45. The van der Waals surface area contributed by atoms with Crippen LogP contribution in [-0.2, 0) is 9.59 Å². The summed E-state index contributed by atoms with van der Waals surface area (Å²) >= 11 is -0.265. The quantitative estimate of drug-likeness (QED) is 0.322. The lowest BCUT2D eigenvalue weighted by Crippen LogP contribution is -2.24. The van der Waals surface area contributed by atoms with Gasteiger partial charge in [-0.3, -0.25) is 14.9 Å². The second-order valence-electron chi connectivity index (χ2n) is 2.30. The summed E-state index contributed by atoms with van der Waals surface area (Å²) in [6, 6.07) is 0. The van der Waals surface area contributed by atoms with Crippen molar-refractivity contribution >= 4 is 27.0 Å². The van der Waals surface area contributed by atoms with Gasteiger partial charge < -0.3 is 0 Å². The van der Waals surface area contributed by atoms with Gasteiger partial charge in [-0.15, -0.1) is 0 Å². The Labute approximate surface area is 52.2 Å². The van der Waals surface area contributed by atoms with Gasteiger partial charge in [-0.2, -0.15) is 0 Å². The van der Waals surface area contributed by atoms with Gasteiger partial charge in [0.15, 0.2) is 0 Å². The molecular weight excluding hydrogens is 121 g/mol. The number of imide groups is 1. The van der Waals surface area contributed by atoms with Gasteiger partial charge in [0.1, 0.15) is 0 Å². The summed E-state index contributed by atoms with van der Waals surface area (Å²) in [6.07, 6.45) is 0. The molecule has 2 amide bonds. The topological polar surface area (TPSA) is 46.2 Å². The van der Waals surface area contributed by atoms with E-state index in [1.54, 1.807) is 0 Å².